The van der Waals surface area contributed by atoms with Gasteiger partial charge in [0, 0.05) is 25.0 Å². The number of amides is 1. The Kier molecular flexibility index (Phi) is 4.75. The van der Waals surface area contributed by atoms with Crippen molar-refractivity contribution in [3.63, 3.8) is 0 Å². The van der Waals surface area contributed by atoms with E-state index in [0.717, 1.165) is 11.6 Å². The zero-order chi connectivity index (χ0) is 18.7. The molecule has 3 aromatic rings. The van der Waals surface area contributed by atoms with Crippen LogP contribution < -0.4 is 4.90 Å². The molecule has 2 heterocycles. The summed E-state index contributed by atoms with van der Waals surface area (Å²) in [6, 6.07) is 11.1. The lowest BCUT2D eigenvalue weighted by atomic mass is 10.1. The quantitative estimate of drug-likeness (QED) is 0.714. The van der Waals surface area contributed by atoms with Crippen LogP contribution in [0.15, 0.2) is 61.1 Å². The van der Waals surface area contributed by atoms with Gasteiger partial charge in [0.25, 0.3) is 5.91 Å². The van der Waals surface area contributed by atoms with Crippen molar-refractivity contribution < 1.29 is 18.0 Å². The Hall–Kier alpha value is -3.16. The number of anilines is 1. The highest BCUT2D eigenvalue weighted by atomic mass is 19.4. The molecule has 1 amide bonds. The minimum absolute atomic E-state index is 0.184. The van der Waals surface area contributed by atoms with Crippen LogP contribution in [0.2, 0.25) is 0 Å². The normalized spacial score (nSPS) is 11.4. The molecule has 8 heteroatoms. The first-order valence-electron chi connectivity index (χ1n) is 7.72. The predicted octanol–water partition coefficient (Wildman–Crippen LogP) is 3.62. The molecule has 0 saturated carbocycles. The third kappa shape index (κ3) is 3.90. The Morgan fingerprint density at radius 2 is 1.88 bits per heavy atom. The van der Waals surface area contributed by atoms with Gasteiger partial charge in [-0.3, -0.25) is 14.5 Å². The largest absolute Gasteiger partial charge is 0.435 e. The lowest BCUT2D eigenvalue weighted by Crippen LogP contribution is -2.26. The Balaban J connectivity index is 1.70. The van der Waals surface area contributed by atoms with E-state index in [9.17, 15) is 18.0 Å². The van der Waals surface area contributed by atoms with Crippen LogP contribution in [0, 0.1) is 0 Å². The highest BCUT2D eigenvalue weighted by Gasteiger charge is 2.33. The van der Waals surface area contributed by atoms with Crippen LogP contribution in [-0.2, 0) is 12.7 Å². The van der Waals surface area contributed by atoms with Gasteiger partial charge in [0.15, 0.2) is 5.69 Å². The van der Waals surface area contributed by atoms with Crippen LogP contribution >= 0.6 is 0 Å². The molecule has 0 spiro atoms. The molecule has 5 nitrogen and oxygen atoms in total. The first-order valence-corrected chi connectivity index (χ1v) is 7.72. The lowest BCUT2D eigenvalue weighted by molar-refractivity contribution is -0.141. The van der Waals surface area contributed by atoms with E-state index >= 15 is 0 Å². The molecule has 0 saturated heterocycles. The molecule has 0 bridgehead atoms. The summed E-state index contributed by atoms with van der Waals surface area (Å²) in [4.78, 5) is 17.9. The fourth-order valence-corrected chi connectivity index (χ4v) is 2.40. The van der Waals surface area contributed by atoms with Crippen LogP contribution in [0.5, 0.6) is 0 Å². The Morgan fingerprint density at radius 3 is 2.46 bits per heavy atom. The van der Waals surface area contributed by atoms with Crippen molar-refractivity contribution in [2.75, 3.05) is 11.9 Å². The third-order valence-corrected chi connectivity index (χ3v) is 3.81. The van der Waals surface area contributed by atoms with E-state index in [1.807, 2.05) is 0 Å². The Morgan fingerprint density at radius 1 is 1.15 bits per heavy atom. The van der Waals surface area contributed by atoms with E-state index in [1.54, 1.807) is 55.8 Å². The zero-order valence-corrected chi connectivity index (χ0v) is 13.8. The molecular weight excluding hydrogens is 345 g/mol. The minimum atomic E-state index is -4.46. The molecule has 0 radical (unpaired) electrons. The van der Waals surface area contributed by atoms with Crippen molar-refractivity contribution in [3.05, 3.63) is 77.9 Å². The smallest absolute Gasteiger partial charge is 0.310 e. The lowest BCUT2D eigenvalue weighted by Gasteiger charge is -2.17. The van der Waals surface area contributed by atoms with Gasteiger partial charge in [-0.2, -0.15) is 18.3 Å². The second-order valence-electron chi connectivity index (χ2n) is 5.67. The van der Waals surface area contributed by atoms with Gasteiger partial charge in [0.2, 0.25) is 0 Å². The maximum Gasteiger partial charge on any atom is 0.435 e. The number of aromatic nitrogens is 3. The highest BCUT2D eigenvalue weighted by Crippen LogP contribution is 2.27. The van der Waals surface area contributed by atoms with E-state index in [4.69, 9.17) is 0 Å². The first kappa shape index (κ1) is 17.7. The molecule has 0 atom stereocenters. The Labute approximate surface area is 147 Å². The zero-order valence-electron chi connectivity index (χ0n) is 13.8. The van der Waals surface area contributed by atoms with Crippen LogP contribution in [0.1, 0.15) is 21.6 Å². The maximum atomic E-state index is 12.6. The third-order valence-electron chi connectivity index (χ3n) is 3.81. The van der Waals surface area contributed by atoms with E-state index in [2.05, 4.69) is 10.1 Å². The van der Waals surface area contributed by atoms with Crippen molar-refractivity contribution in [1.82, 2.24) is 14.8 Å². The minimum Gasteiger partial charge on any atom is -0.310 e. The molecule has 2 aromatic heterocycles. The summed E-state index contributed by atoms with van der Waals surface area (Å²) in [6.45, 7) is 0.184. The number of pyridine rings is 1. The van der Waals surface area contributed by atoms with Gasteiger partial charge in [0.1, 0.15) is 0 Å². The monoisotopic (exact) mass is 360 g/mol. The second-order valence-corrected chi connectivity index (χ2v) is 5.67. The van der Waals surface area contributed by atoms with Gasteiger partial charge in [-0.1, -0.05) is 12.1 Å². The van der Waals surface area contributed by atoms with Crippen LogP contribution in [0.3, 0.4) is 0 Å². The number of carbonyl (C=O) groups is 1. The van der Waals surface area contributed by atoms with E-state index < -0.39 is 11.9 Å². The van der Waals surface area contributed by atoms with Crippen molar-refractivity contribution in [1.29, 1.82) is 0 Å². The van der Waals surface area contributed by atoms with Gasteiger partial charge in [0.05, 0.1) is 18.4 Å². The second kappa shape index (κ2) is 6.99. The van der Waals surface area contributed by atoms with Gasteiger partial charge in [-0.25, -0.2) is 0 Å². The van der Waals surface area contributed by atoms with Crippen LogP contribution in [0.25, 0.3) is 0 Å². The molecule has 1 aromatic carbocycles. The van der Waals surface area contributed by atoms with Gasteiger partial charge >= 0.3 is 6.18 Å². The molecule has 0 aliphatic carbocycles. The molecule has 134 valence electrons. The van der Waals surface area contributed by atoms with E-state index in [0.29, 0.717) is 11.3 Å². The van der Waals surface area contributed by atoms with Crippen LogP contribution in [-0.4, -0.2) is 27.7 Å². The molecular formula is C18H15F3N4O. The topological polar surface area (TPSA) is 51.0 Å². The van der Waals surface area contributed by atoms with Crippen LogP contribution in [0.4, 0.5) is 18.9 Å². The van der Waals surface area contributed by atoms with E-state index in [1.165, 1.54) is 15.8 Å². The molecule has 0 N–H and O–H groups in total. The number of carbonyl (C=O) groups excluding carboxylic acids is 1. The summed E-state index contributed by atoms with van der Waals surface area (Å²) >= 11 is 0. The standard InChI is InChI=1S/C18H15F3N4O/c1-24(15-3-2-9-22-11-15)17(26)14-6-4-13(5-7-14)12-25-10-8-16(23-25)18(19,20)21/h2-11H,12H2,1H3. The predicted molar refractivity (Wildman–Crippen MR) is 89.7 cm³/mol. The summed E-state index contributed by atoms with van der Waals surface area (Å²) < 4.78 is 38.9. The van der Waals surface area contributed by atoms with Crippen molar-refractivity contribution >= 4 is 11.6 Å². The van der Waals surface area contributed by atoms with Crippen molar-refractivity contribution in [3.8, 4) is 0 Å². The van der Waals surface area contributed by atoms with Crippen molar-refractivity contribution in [2.24, 2.45) is 0 Å². The summed E-state index contributed by atoms with van der Waals surface area (Å²) in [5, 5.41) is 3.51. The highest BCUT2D eigenvalue weighted by molar-refractivity contribution is 6.05. The van der Waals surface area contributed by atoms with E-state index in [-0.39, 0.29) is 12.5 Å². The summed E-state index contributed by atoms with van der Waals surface area (Å²) in [5.41, 5.74) is 0.944. The number of hydrogen-bond acceptors (Lipinski definition) is 3. The van der Waals surface area contributed by atoms with Gasteiger partial charge in [-0.05, 0) is 35.9 Å². The van der Waals surface area contributed by atoms with Gasteiger partial charge < -0.3 is 4.90 Å². The number of nitrogens with zero attached hydrogens (tertiary/aromatic N) is 4. The number of halogens is 3. The number of hydrogen-bond donors (Lipinski definition) is 0. The fourth-order valence-electron chi connectivity index (χ4n) is 2.40. The molecule has 0 unspecified atom stereocenters. The summed E-state index contributed by atoms with van der Waals surface area (Å²) in [5.74, 6) is -0.206. The van der Waals surface area contributed by atoms with Crippen molar-refractivity contribution in [2.45, 2.75) is 12.7 Å². The molecule has 0 aliphatic heterocycles. The fraction of sp³-hybridized carbons (Fsp3) is 0.167. The summed E-state index contributed by atoms with van der Waals surface area (Å²) in [7, 11) is 1.65. The van der Waals surface area contributed by atoms with Gasteiger partial charge in [-0.15, -0.1) is 0 Å². The molecule has 0 fully saturated rings. The Bertz CT molecular complexity index is 889. The summed E-state index contributed by atoms with van der Waals surface area (Å²) in [6.07, 6.45) is 0.0226. The average Bonchev–Trinajstić information content (AvgIpc) is 3.11. The molecule has 0 aliphatic rings. The first-order chi connectivity index (χ1) is 12.3. The number of benzene rings is 1. The number of rotatable bonds is 4. The molecule has 3 rings (SSSR count). The molecule has 26 heavy (non-hydrogen) atoms. The SMILES string of the molecule is CN(C(=O)c1ccc(Cn2ccc(C(F)(F)F)n2)cc1)c1cccnc1. The number of alkyl halides is 3. The maximum absolute atomic E-state index is 12.6. The average molecular weight is 360 g/mol.